The molecule has 0 aliphatic rings. The van der Waals surface area contributed by atoms with E-state index in [1.807, 2.05) is 25.1 Å². The molecule has 1 amide bonds. The number of amides is 1. The molecule has 0 saturated heterocycles. The lowest BCUT2D eigenvalue weighted by molar-refractivity contribution is -0.136. The zero-order valence-electron chi connectivity index (χ0n) is 10.7. The number of nitrogens with one attached hydrogen (secondary N) is 1. The lowest BCUT2D eigenvalue weighted by Gasteiger charge is -2.08. The molecule has 1 rings (SSSR count). The van der Waals surface area contributed by atoms with Gasteiger partial charge in [-0.15, -0.1) is 0 Å². The third-order valence-corrected chi connectivity index (χ3v) is 2.19. The van der Waals surface area contributed by atoms with E-state index in [1.165, 1.54) is 0 Å². The highest BCUT2D eigenvalue weighted by Crippen LogP contribution is 2.13. The van der Waals surface area contributed by atoms with Crippen molar-refractivity contribution in [2.45, 2.75) is 20.0 Å². The van der Waals surface area contributed by atoms with Crippen LogP contribution in [0.25, 0.3) is 0 Å². The van der Waals surface area contributed by atoms with Crippen LogP contribution in [0, 0.1) is 0 Å². The van der Waals surface area contributed by atoms with Crippen molar-refractivity contribution in [2.75, 3.05) is 13.2 Å². The Kier molecular flexibility index (Phi) is 6.21. The van der Waals surface area contributed by atoms with Crippen molar-refractivity contribution in [3.05, 3.63) is 29.8 Å². The lowest BCUT2D eigenvalue weighted by Crippen LogP contribution is -2.26. The number of aliphatic carboxylic acids is 1. The average Bonchev–Trinajstić information content (AvgIpc) is 2.37. The summed E-state index contributed by atoms with van der Waals surface area (Å²) in [7, 11) is 0. The van der Waals surface area contributed by atoms with E-state index < -0.39 is 12.1 Å². The van der Waals surface area contributed by atoms with E-state index in [2.05, 4.69) is 5.32 Å². The second kappa shape index (κ2) is 7.97. The number of rotatable bonds is 7. The van der Waals surface area contributed by atoms with E-state index in [1.54, 1.807) is 6.07 Å². The van der Waals surface area contributed by atoms with Gasteiger partial charge in [-0.25, -0.2) is 4.79 Å². The number of carbonyl (C=O) groups excluding carboxylic acids is 1. The molecule has 0 spiro atoms. The quantitative estimate of drug-likeness (QED) is 0.786. The van der Waals surface area contributed by atoms with Crippen molar-refractivity contribution in [3.8, 4) is 5.75 Å². The van der Waals surface area contributed by atoms with Crippen LogP contribution in [0.15, 0.2) is 24.3 Å². The maximum absolute atomic E-state index is 11.3. The molecule has 0 aromatic heterocycles. The maximum atomic E-state index is 11.3. The normalized spacial score (nSPS) is 9.74. The molecule has 6 nitrogen and oxygen atoms in total. The van der Waals surface area contributed by atoms with E-state index in [0.29, 0.717) is 6.61 Å². The van der Waals surface area contributed by atoms with Gasteiger partial charge in [-0.2, -0.15) is 0 Å². The Morgan fingerprint density at radius 2 is 2.16 bits per heavy atom. The minimum absolute atomic E-state index is 0.0488. The third kappa shape index (κ3) is 6.30. The van der Waals surface area contributed by atoms with E-state index in [9.17, 15) is 9.59 Å². The number of carboxylic acid groups (broad SMARTS) is 1. The van der Waals surface area contributed by atoms with Gasteiger partial charge in [-0.3, -0.25) is 4.79 Å². The highest BCUT2D eigenvalue weighted by Gasteiger charge is 2.04. The molecule has 0 aliphatic carbocycles. The highest BCUT2D eigenvalue weighted by atomic mass is 16.5. The van der Waals surface area contributed by atoms with Crippen LogP contribution in [-0.4, -0.2) is 30.3 Å². The summed E-state index contributed by atoms with van der Waals surface area (Å²) < 4.78 is 10.3. The molecule has 2 N–H and O–H groups in total. The Labute approximate surface area is 111 Å². The Morgan fingerprint density at radius 3 is 2.84 bits per heavy atom. The topological polar surface area (TPSA) is 84.9 Å². The number of carboxylic acids is 1. The first-order chi connectivity index (χ1) is 9.11. The fourth-order valence-electron chi connectivity index (χ4n) is 1.36. The van der Waals surface area contributed by atoms with Crippen molar-refractivity contribution in [1.29, 1.82) is 0 Å². The first kappa shape index (κ1) is 14.8. The van der Waals surface area contributed by atoms with E-state index in [0.717, 1.165) is 11.3 Å². The van der Waals surface area contributed by atoms with Gasteiger partial charge in [0.25, 0.3) is 0 Å². The molecule has 104 valence electrons. The molecule has 0 saturated carbocycles. The second-order valence-electron chi connectivity index (χ2n) is 3.73. The molecular formula is C13H17NO5. The molecule has 0 unspecified atom stereocenters. The average molecular weight is 267 g/mol. The van der Waals surface area contributed by atoms with Gasteiger partial charge in [0.1, 0.15) is 12.4 Å². The standard InChI is InChI=1S/C13H17NO5/c1-2-18-11-5-3-4-10(8-11)9-19-13(17)14-7-6-12(15)16/h3-5,8H,2,6-7,9H2,1H3,(H,14,17)(H,15,16). The van der Waals surface area contributed by atoms with E-state index >= 15 is 0 Å². The molecular weight excluding hydrogens is 250 g/mol. The predicted molar refractivity (Wildman–Crippen MR) is 68.1 cm³/mol. The van der Waals surface area contributed by atoms with Gasteiger partial charge in [0, 0.05) is 6.54 Å². The Bertz CT molecular complexity index is 433. The minimum atomic E-state index is -0.968. The van der Waals surface area contributed by atoms with E-state index in [-0.39, 0.29) is 19.6 Å². The number of alkyl carbamates (subject to hydrolysis) is 1. The lowest BCUT2D eigenvalue weighted by atomic mass is 10.2. The van der Waals surface area contributed by atoms with E-state index in [4.69, 9.17) is 14.6 Å². The molecule has 0 atom stereocenters. The summed E-state index contributed by atoms with van der Waals surface area (Å²) in [6.45, 7) is 2.62. The van der Waals surface area contributed by atoms with Gasteiger partial charge in [0.2, 0.25) is 0 Å². The maximum Gasteiger partial charge on any atom is 0.407 e. The molecule has 1 aromatic carbocycles. The molecule has 1 aromatic rings. The summed E-state index contributed by atoms with van der Waals surface area (Å²) in [5.74, 6) is -0.250. The van der Waals surface area contributed by atoms with Crippen LogP contribution >= 0.6 is 0 Å². The van der Waals surface area contributed by atoms with Crippen LogP contribution in [0.3, 0.4) is 0 Å². The number of carbonyl (C=O) groups is 2. The van der Waals surface area contributed by atoms with Crippen LogP contribution in [0.4, 0.5) is 4.79 Å². The Balaban J connectivity index is 2.33. The molecule has 6 heteroatoms. The summed E-state index contributed by atoms with van der Waals surface area (Å²) >= 11 is 0. The summed E-state index contributed by atoms with van der Waals surface area (Å²) in [6, 6.07) is 7.23. The number of benzene rings is 1. The molecule has 0 bridgehead atoms. The van der Waals surface area contributed by atoms with Crippen molar-refractivity contribution in [3.63, 3.8) is 0 Å². The largest absolute Gasteiger partial charge is 0.494 e. The van der Waals surface area contributed by atoms with Gasteiger partial charge < -0.3 is 19.9 Å². The predicted octanol–water partition coefficient (Wildman–Crippen LogP) is 1.79. The Morgan fingerprint density at radius 1 is 1.37 bits per heavy atom. The molecule has 0 aliphatic heterocycles. The van der Waals surface area contributed by atoms with Crippen molar-refractivity contribution >= 4 is 12.1 Å². The minimum Gasteiger partial charge on any atom is -0.494 e. The van der Waals surface area contributed by atoms with Gasteiger partial charge in [0.05, 0.1) is 13.0 Å². The van der Waals surface area contributed by atoms with Crippen LogP contribution < -0.4 is 10.1 Å². The zero-order chi connectivity index (χ0) is 14.1. The summed E-state index contributed by atoms with van der Waals surface area (Å²) in [6.07, 6.45) is -0.766. The number of hydrogen-bond acceptors (Lipinski definition) is 4. The van der Waals surface area contributed by atoms with Gasteiger partial charge in [-0.1, -0.05) is 12.1 Å². The molecule has 0 heterocycles. The van der Waals surface area contributed by atoms with Crippen LogP contribution in [-0.2, 0) is 16.1 Å². The van der Waals surface area contributed by atoms with Gasteiger partial charge in [-0.05, 0) is 24.6 Å². The molecule has 0 fully saturated rings. The van der Waals surface area contributed by atoms with Crippen molar-refractivity contribution in [2.24, 2.45) is 0 Å². The monoisotopic (exact) mass is 267 g/mol. The fraction of sp³-hybridized carbons (Fsp3) is 0.385. The smallest absolute Gasteiger partial charge is 0.407 e. The van der Waals surface area contributed by atoms with Gasteiger partial charge in [0.15, 0.2) is 0 Å². The van der Waals surface area contributed by atoms with Crippen molar-refractivity contribution in [1.82, 2.24) is 5.32 Å². The molecule has 19 heavy (non-hydrogen) atoms. The molecule has 0 radical (unpaired) electrons. The van der Waals surface area contributed by atoms with Crippen LogP contribution in [0.2, 0.25) is 0 Å². The SMILES string of the molecule is CCOc1cccc(COC(=O)NCCC(=O)O)c1. The third-order valence-electron chi connectivity index (χ3n) is 2.19. The highest BCUT2D eigenvalue weighted by molar-refractivity contribution is 5.70. The first-order valence-electron chi connectivity index (χ1n) is 5.96. The fourth-order valence-corrected chi connectivity index (χ4v) is 1.36. The summed E-state index contributed by atoms with van der Waals surface area (Å²) in [4.78, 5) is 21.5. The second-order valence-corrected chi connectivity index (χ2v) is 3.73. The van der Waals surface area contributed by atoms with Crippen LogP contribution in [0.5, 0.6) is 5.75 Å². The summed E-state index contributed by atoms with van der Waals surface area (Å²) in [5, 5.41) is 10.8. The Hall–Kier alpha value is -2.24. The van der Waals surface area contributed by atoms with Crippen molar-refractivity contribution < 1.29 is 24.2 Å². The zero-order valence-corrected chi connectivity index (χ0v) is 10.7. The summed E-state index contributed by atoms with van der Waals surface area (Å²) in [5.41, 5.74) is 0.805. The van der Waals surface area contributed by atoms with Crippen LogP contribution in [0.1, 0.15) is 18.9 Å². The first-order valence-corrected chi connectivity index (χ1v) is 5.96. The van der Waals surface area contributed by atoms with Gasteiger partial charge >= 0.3 is 12.1 Å². The number of hydrogen-bond donors (Lipinski definition) is 2. The number of ether oxygens (including phenoxy) is 2.